The molecule has 1 aliphatic carbocycles. The lowest BCUT2D eigenvalue weighted by atomic mass is 9.85. The molecule has 1 aliphatic heterocycles. The first-order valence-corrected chi connectivity index (χ1v) is 11.8. The Morgan fingerprint density at radius 3 is 2.69 bits per heavy atom. The molecule has 146 valence electrons. The number of nitrogens with zero attached hydrogens (tertiary/aromatic N) is 1. The highest BCUT2D eigenvalue weighted by Crippen LogP contribution is 2.27. The highest BCUT2D eigenvalue weighted by Gasteiger charge is 2.27. The first-order valence-electron chi connectivity index (χ1n) is 9.59. The summed E-state index contributed by atoms with van der Waals surface area (Å²) >= 11 is 1.32. The zero-order valence-corrected chi connectivity index (χ0v) is 16.8. The maximum atomic E-state index is 12.7. The summed E-state index contributed by atoms with van der Waals surface area (Å²) in [4.78, 5) is 13.2. The molecule has 0 spiro atoms. The van der Waals surface area contributed by atoms with Crippen LogP contribution in [-0.4, -0.2) is 44.3 Å². The summed E-state index contributed by atoms with van der Waals surface area (Å²) in [5, 5.41) is 2.99. The largest absolute Gasteiger partial charge is 0.356 e. The average molecular weight is 400 g/mol. The molecule has 0 aromatic carbocycles. The molecule has 3 rings (SSSR count). The second-order valence-corrected chi connectivity index (χ2v) is 10.7. The number of amides is 1. The van der Waals surface area contributed by atoms with Gasteiger partial charge in [-0.1, -0.05) is 12.8 Å². The molecule has 2 heterocycles. The van der Waals surface area contributed by atoms with Gasteiger partial charge in [-0.25, -0.2) is 8.42 Å². The van der Waals surface area contributed by atoms with Crippen molar-refractivity contribution >= 4 is 27.3 Å². The molecule has 26 heavy (non-hydrogen) atoms. The van der Waals surface area contributed by atoms with Gasteiger partial charge in [-0.05, 0) is 50.7 Å². The number of hydrogen-bond donors (Lipinski definition) is 2. The Labute approximate surface area is 160 Å². The maximum absolute atomic E-state index is 12.7. The van der Waals surface area contributed by atoms with Crippen LogP contribution in [0.25, 0.3) is 0 Å². The number of thiophene rings is 1. The Morgan fingerprint density at radius 2 is 1.96 bits per heavy atom. The van der Waals surface area contributed by atoms with Gasteiger partial charge in [0.05, 0.1) is 0 Å². The summed E-state index contributed by atoms with van der Waals surface area (Å²) in [5.41, 5.74) is 5.95. The van der Waals surface area contributed by atoms with Crippen molar-refractivity contribution in [2.75, 3.05) is 19.6 Å². The van der Waals surface area contributed by atoms with Gasteiger partial charge in [0, 0.05) is 36.5 Å². The number of nitrogens with one attached hydrogen (secondary N) is 1. The molecule has 1 aromatic heterocycles. The van der Waals surface area contributed by atoms with E-state index < -0.39 is 10.0 Å². The predicted molar refractivity (Wildman–Crippen MR) is 104 cm³/mol. The summed E-state index contributed by atoms with van der Waals surface area (Å²) in [6, 6.07) is 3.70. The summed E-state index contributed by atoms with van der Waals surface area (Å²) in [6.45, 7) is 1.78. The highest BCUT2D eigenvalue weighted by atomic mass is 32.2. The maximum Gasteiger partial charge on any atom is 0.252 e. The number of nitrogens with two attached hydrogens (primary N) is 1. The molecule has 2 atom stereocenters. The molecule has 2 unspecified atom stereocenters. The smallest absolute Gasteiger partial charge is 0.252 e. The van der Waals surface area contributed by atoms with E-state index in [1.54, 1.807) is 10.4 Å². The quantitative estimate of drug-likeness (QED) is 0.766. The normalized spacial score (nSPS) is 25.1. The number of hydrogen-bond acceptors (Lipinski definition) is 5. The van der Waals surface area contributed by atoms with Crippen molar-refractivity contribution in [3.05, 3.63) is 17.0 Å². The van der Waals surface area contributed by atoms with E-state index in [0.717, 1.165) is 49.8 Å². The van der Waals surface area contributed by atoms with Gasteiger partial charge in [-0.15, -0.1) is 11.3 Å². The van der Waals surface area contributed by atoms with Crippen LogP contribution in [0.4, 0.5) is 0 Å². The van der Waals surface area contributed by atoms with Gasteiger partial charge in [-0.2, -0.15) is 4.31 Å². The molecule has 2 fully saturated rings. The Hall–Kier alpha value is -0.960. The summed E-state index contributed by atoms with van der Waals surface area (Å²) in [7, 11) is -3.36. The Morgan fingerprint density at radius 1 is 1.19 bits per heavy atom. The van der Waals surface area contributed by atoms with Gasteiger partial charge in [0.15, 0.2) is 0 Å². The van der Waals surface area contributed by atoms with E-state index in [9.17, 15) is 13.2 Å². The lowest BCUT2D eigenvalue weighted by Gasteiger charge is -2.25. The van der Waals surface area contributed by atoms with Crippen molar-refractivity contribution in [1.29, 1.82) is 0 Å². The molecule has 8 heteroatoms. The van der Waals surface area contributed by atoms with Crippen molar-refractivity contribution in [2.45, 2.75) is 61.6 Å². The number of piperidine rings is 1. The van der Waals surface area contributed by atoms with E-state index in [4.69, 9.17) is 5.73 Å². The SMILES string of the molecule is NC1CCCC(C(=O)NCCc2ccc(S(=O)(=O)N3CCCCC3)s2)C1. The van der Waals surface area contributed by atoms with Crippen molar-refractivity contribution in [1.82, 2.24) is 9.62 Å². The Balaban J connectivity index is 1.50. The monoisotopic (exact) mass is 399 g/mol. The van der Waals surface area contributed by atoms with E-state index in [0.29, 0.717) is 30.3 Å². The van der Waals surface area contributed by atoms with Crippen LogP contribution in [0, 0.1) is 5.92 Å². The Kier molecular flexibility index (Phi) is 6.71. The average Bonchev–Trinajstić information content (AvgIpc) is 3.12. The molecule has 0 bridgehead atoms. The van der Waals surface area contributed by atoms with Gasteiger partial charge in [0.1, 0.15) is 4.21 Å². The highest BCUT2D eigenvalue weighted by molar-refractivity contribution is 7.91. The minimum Gasteiger partial charge on any atom is -0.356 e. The zero-order chi connectivity index (χ0) is 18.6. The fraction of sp³-hybridized carbons (Fsp3) is 0.722. The fourth-order valence-electron chi connectivity index (χ4n) is 3.78. The van der Waals surface area contributed by atoms with Crippen LogP contribution < -0.4 is 11.1 Å². The van der Waals surface area contributed by atoms with Crippen LogP contribution in [-0.2, 0) is 21.2 Å². The number of rotatable bonds is 6. The van der Waals surface area contributed by atoms with E-state index in [1.165, 1.54) is 11.3 Å². The summed E-state index contributed by atoms with van der Waals surface area (Å²) in [6.07, 6.45) is 7.34. The third-order valence-electron chi connectivity index (χ3n) is 5.30. The number of carbonyl (C=O) groups excluding carboxylic acids is 1. The molecular weight excluding hydrogens is 370 g/mol. The van der Waals surface area contributed by atoms with Gasteiger partial charge >= 0.3 is 0 Å². The van der Waals surface area contributed by atoms with Crippen LogP contribution in [0.2, 0.25) is 0 Å². The molecule has 6 nitrogen and oxygen atoms in total. The molecule has 1 saturated heterocycles. The number of sulfonamides is 1. The van der Waals surface area contributed by atoms with Gasteiger partial charge in [-0.3, -0.25) is 4.79 Å². The van der Waals surface area contributed by atoms with Crippen LogP contribution in [0.1, 0.15) is 49.8 Å². The lowest BCUT2D eigenvalue weighted by Crippen LogP contribution is -2.38. The molecule has 1 aromatic rings. The first-order chi connectivity index (χ1) is 12.5. The molecule has 1 amide bonds. The number of carbonyl (C=O) groups is 1. The van der Waals surface area contributed by atoms with E-state index >= 15 is 0 Å². The fourth-order valence-corrected chi connectivity index (χ4v) is 6.81. The topological polar surface area (TPSA) is 92.5 Å². The molecule has 0 radical (unpaired) electrons. The molecule has 1 saturated carbocycles. The van der Waals surface area contributed by atoms with Gasteiger partial charge < -0.3 is 11.1 Å². The summed E-state index contributed by atoms with van der Waals surface area (Å²) < 4.78 is 27.4. The van der Waals surface area contributed by atoms with Crippen LogP contribution in [0.3, 0.4) is 0 Å². The van der Waals surface area contributed by atoms with Crippen molar-refractivity contribution in [3.63, 3.8) is 0 Å². The third-order valence-corrected chi connectivity index (χ3v) is 8.81. The minimum atomic E-state index is -3.36. The van der Waals surface area contributed by atoms with Crippen LogP contribution >= 0.6 is 11.3 Å². The van der Waals surface area contributed by atoms with E-state index in [2.05, 4.69) is 5.32 Å². The van der Waals surface area contributed by atoms with Crippen molar-refractivity contribution in [2.24, 2.45) is 11.7 Å². The van der Waals surface area contributed by atoms with Crippen LogP contribution in [0.5, 0.6) is 0 Å². The summed E-state index contributed by atoms with van der Waals surface area (Å²) in [5.74, 6) is 0.106. The van der Waals surface area contributed by atoms with Crippen molar-refractivity contribution < 1.29 is 13.2 Å². The first kappa shape index (κ1) is 19.8. The minimum absolute atomic E-state index is 0.0251. The molecular formula is C18H29N3O3S2. The van der Waals surface area contributed by atoms with Crippen LogP contribution in [0.15, 0.2) is 16.3 Å². The third kappa shape index (κ3) is 4.85. The standard InChI is InChI=1S/C18H29N3O3S2/c19-15-6-4-5-14(13-15)18(22)20-10-9-16-7-8-17(25-16)26(23,24)21-11-2-1-3-12-21/h7-8,14-15H,1-6,9-13,19H2,(H,20,22). The predicted octanol–water partition coefficient (Wildman–Crippen LogP) is 2.10. The van der Waals surface area contributed by atoms with Crippen molar-refractivity contribution in [3.8, 4) is 0 Å². The second kappa shape index (κ2) is 8.82. The van der Waals surface area contributed by atoms with Gasteiger partial charge in [0.2, 0.25) is 5.91 Å². The van der Waals surface area contributed by atoms with E-state index in [-0.39, 0.29) is 17.9 Å². The second-order valence-electron chi connectivity index (χ2n) is 7.35. The lowest BCUT2D eigenvalue weighted by molar-refractivity contribution is -0.126. The zero-order valence-electron chi connectivity index (χ0n) is 15.2. The Bertz CT molecular complexity index is 711. The van der Waals surface area contributed by atoms with E-state index in [1.807, 2.05) is 6.07 Å². The molecule has 2 aliphatic rings. The van der Waals surface area contributed by atoms with Gasteiger partial charge in [0.25, 0.3) is 10.0 Å². The molecule has 3 N–H and O–H groups in total.